The summed E-state index contributed by atoms with van der Waals surface area (Å²) in [5.41, 5.74) is -1.34. The fraction of sp³-hybridized carbons (Fsp3) is 0.333. The Labute approximate surface area is 196 Å². The van der Waals surface area contributed by atoms with Gasteiger partial charge in [-0.25, -0.2) is 9.59 Å². The second-order valence-electron chi connectivity index (χ2n) is 8.02. The van der Waals surface area contributed by atoms with E-state index in [2.05, 4.69) is 20.5 Å². The fourth-order valence-corrected chi connectivity index (χ4v) is 3.94. The highest BCUT2D eigenvalue weighted by Crippen LogP contribution is 2.32. The first kappa shape index (κ1) is 22.6. The number of benzene rings is 1. The molecule has 0 spiro atoms. The summed E-state index contributed by atoms with van der Waals surface area (Å²) < 4.78 is 44.8. The molecule has 182 valence electrons. The van der Waals surface area contributed by atoms with Crippen molar-refractivity contribution in [2.24, 2.45) is 4.99 Å². The highest BCUT2D eigenvalue weighted by Gasteiger charge is 2.50. The number of aromatic nitrogens is 2. The van der Waals surface area contributed by atoms with E-state index in [4.69, 9.17) is 4.74 Å². The standard InChI is InChI=1S/C21H18F3N7O4/c22-21(23,24)13-4-2-1-3-12(13)18(32)30-9-7-29(8-10-30)15-5-6-16(28-27-15)35-20(34)26-17-14-11-31(14)19(33)25-17/h1-6,14H,7-11H2,(H,25,26,33,34). The molecule has 35 heavy (non-hydrogen) atoms. The van der Waals surface area contributed by atoms with Crippen LogP contribution in [0.2, 0.25) is 0 Å². The Balaban J connectivity index is 1.17. The van der Waals surface area contributed by atoms with Gasteiger partial charge in [0.1, 0.15) is 11.9 Å². The van der Waals surface area contributed by atoms with Crippen LogP contribution in [0.5, 0.6) is 5.88 Å². The number of nitrogens with one attached hydrogen (secondary N) is 1. The number of halogens is 3. The maximum atomic E-state index is 13.3. The Hall–Kier alpha value is -4.23. The van der Waals surface area contributed by atoms with Crippen LogP contribution in [-0.4, -0.2) is 82.6 Å². The highest BCUT2D eigenvalue weighted by molar-refractivity contribution is 6.13. The number of ether oxygens (including phenoxy) is 1. The van der Waals surface area contributed by atoms with Crippen LogP contribution >= 0.6 is 0 Å². The largest absolute Gasteiger partial charge is 0.442 e. The van der Waals surface area contributed by atoms with Crippen molar-refractivity contribution >= 4 is 29.7 Å². The molecule has 1 unspecified atom stereocenters. The molecule has 3 aliphatic heterocycles. The smallest absolute Gasteiger partial charge is 0.388 e. The van der Waals surface area contributed by atoms with Gasteiger partial charge in [-0.2, -0.15) is 18.2 Å². The van der Waals surface area contributed by atoms with Gasteiger partial charge in [0.25, 0.3) is 5.91 Å². The Bertz CT molecular complexity index is 1210. The number of anilines is 1. The van der Waals surface area contributed by atoms with Gasteiger partial charge in [-0.05, 0) is 18.2 Å². The van der Waals surface area contributed by atoms with E-state index >= 15 is 0 Å². The normalized spacial score (nSPS) is 20.5. The van der Waals surface area contributed by atoms with E-state index in [9.17, 15) is 27.6 Å². The number of amides is 4. The molecule has 1 aromatic carbocycles. The summed E-state index contributed by atoms with van der Waals surface area (Å²) in [6, 6.07) is 7.19. The first-order valence-corrected chi connectivity index (χ1v) is 10.6. The first-order chi connectivity index (χ1) is 16.7. The summed E-state index contributed by atoms with van der Waals surface area (Å²) >= 11 is 0. The van der Waals surface area contributed by atoms with Crippen molar-refractivity contribution in [3.8, 4) is 5.88 Å². The van der Waals surface area contributed by atoms with E-state index in [1.54, 1.807) is 6.07 Å². The summed E-state index contributed by atoms with van der Waals surface area (Å²) in [4.78, 5) is 44.5. The average molecular weight is 489 g/mol. The molecule has 2 aromatic rings. The maximum Gasteiger partial charge on any atom is 0.442 e. The minimum atomic E-state index is -4.62. The number of alkyl halides is 3. The quantitative estimate of drug-likeness (QED) is 0.653. The molecule has 0 radical (unpaired) electrons. The molecule has 0 saturated carbocycles. The molecule has 3 aliphatic rings. The van der Waals surface area contributed by atoms with E-state index < -0.39 is 23.7 Å². The number of hydrogen-bond acceptors (Lipinski definition) is 7. The van der Waals surface area contributed by atoms with E-state index in [-0.39, 0.29) is 42.4 Å². The molecule has 1 atom stereocenters. The Kier molecular flexibility index (Phi) is 5.49. The molecule has 4 heterocycles. The van der Waals surface area contributed by atoms with Crippen LogP contribution in [-0.2, 0) is 6.18 Å². The lowest BCUT2D eigenvalue weighted by Crippen LogP contribution is -2.49. The van der Waals surface area contributed by atoms with Gasteiger partial charge in [0.05, 0.1) is 17.7 Å². The predicted molar refractivity (Wildman–Crippen MR) is 114 cm³/mol. The number of nitrogens with zero attached hydrogens (tertiary/aromatic N) is 6. The third-order valence-corrected chi connectivity index (χ3v) is 5.81. The topological polar surface area (TPSA) is 120 Å². The molecule has 0 aliphatic carbocycles. The molecule has 5 rings (SSSR count). The summed E-state index contributed by atoms with van der Waals surface area (Å²) in [7, 11) is 0. The number of hydrogen-bond donors (Lipinski definition) is 1. The lowest BCUT2D eigenvalue weighted by molar-refractivity contribution is -0.138. The van der Waals surface area contributed by atoms with Crippen LogP contribution < -0.4 is 15.0 Å². The van der Waals surface area contributed by atoms with Crippen molar-refractivity contribution in [1.29, 1.82) is 0 Å². The Morgan fingerprint density at radius 2 is 1.80 bits per heavy atom. The molecule has 1 N–H and O–H groups in total. The van der Waals surface area contributed by atoms with Gasteiger partial charge < -0.3 is 19.4 Å². The SMILES string of the molecule is O=C(N=C1NC(=O)N2CC12)Oc1ccc(N2CCN(C(=O)c3ccccc3C(F)(F)F)CC2)nn1. The fourth-order valence-electron chi connectivity index (χ4n) is 3.94. The molecule has 3 fully saturated rings. The van der Waals surface area contributed by atoms with E-state index in [1.807, 2.05) is 4.90 Å². The van der Waals surface area contributed by atoms with Crippen molar-refractivity contribution in [1.82, 2.24) is 25.3 Å². The summed E-state index contributed by atoms with van der Waals surface area (Å²) in [6.45, 7) is 1.58. The van der Waals surface area contributed by atoms with Crippen LogP contribution in [0.15, 0.2) is 41.4 Å². The number of carbonyl (C=O) groups excluding carboxylic acids is 3. The number of urea groups is 1. The lowest BCUT2D eigenvalue weighted by atomic mass is 10.1. The zero-order valence-electron chi connectivity index (χ0n) is 18.0. The van der Waals surface area contributed by atoms with Crippen molar-refractivity contribution < 1.29 is 32.3 Å². The van der Waals surface area contributed by atoms with Crippen molar-refractivity contribution in [3.63, 3.8) is 0 Å². The summed E-state index contributed by atoms with van der Waals surface area (Å²) in [5, 5.41) is 10.3. The van der Waals surface area contributed by atoms with Crippen LogP contribution in [0, 0.1) is 0 Å². The zero-order valence-corrected chi connectivity index (χ0v) is 18.0. The molecule has 0 bridgehead atoms. The van der Waals surface area contributed by atoms with Crippen LogP contribution in [0.25, 0.3) is 0 Å². The van der Waals surface area contributed by atoms with Crippen LogP contribution in [0.1, 0.15) is 15.9 Å². The third-order valence-electron chi connectivity index (χ3n) is 5.81. The van der Waals surface area contributed by atoms with Crippen molar-refractivity contribution in [2.45, 2.75) is 12.2 Å². The predicted octanol–water partition coefficient (Wildman–Crippen LogP) is 1.76. The molecule has 3 saturated heterocycles. The van der Waals surface area contributed by atoms with Crippen LogP contribution in [0.4, 0.5) is 28.6 Å². The zero-order chi connectivity index (χ0) is 24.7. The van der Waals surface area contributed by atoms with Gasteiger partial charge in [0, 0.05) is 32.2 Å². The van der Waals surface area contributed by atoms with E-state index in [1.165, 1.54) is 34.1 Å². The number of carbonyl (C=O) groups is 3. The minimum Gasteiger partial charge on any atom is -0.388 e. The van der Waals surface area contributed by atoms with Crippen molar-refractivity contribution in [3.05, 3.63) is 47.5 Å². The van der Waals surface area contributed by atoms with Gasteiger partial charge in [-0.15, -0.1) is 10.2 Å². The van der Waals surface area contributed by atoms with Crippen molar-refractivity contribution in [2.75, 3.05) is 37.6 Å². The maximum absolute atomic E-state index is 13.3. The Morgan fingerprint density at radius 1 is 1.06 bits per heavy atom. The average Bonchev–Trinajstić information content (AvgIpc) is 3.59. The number of aliphatic imine (C=N–C) groups is 1. The second-order valence-corrected chi connectivity index (χ2v) is 8.02. The summed E-state index contributed by atoms with van der Waals surface area (Å²) in [6.07, 6.45) is -5.56. The van der Waals surface area contributed by atoms with Gasteiger partial charge in [-0.3, -0.25) is 10.1 Å². The van der Waals surface area contributed by atoms with Gasteiger partial charge >= 0.3 is 18.3 Å². The molecular weight excluding hydrogens is 471 g/mol. The Morgan fingerprint density at radius 3 is 2.40 bits per heavy atom. The second kappa shape index (κ2) is 8.52. The van der Waals surface area contributed by atoms with Crippen LogP contribution in [0.3, 0.4) is 0 Å². The van der Waals surface area contributed by atoms with Gasteiger partial charge in [0.2, 0.25) is 5.88 Å². The number of fused-ring (bicyclic) bond motifs is 1. The lowest BCUT2D eigenvalue weighted by Gasteiger charge is -2.35. The third kappa shape index (κ3) is 4.58. The van der Waals surface area contributed by atoms with E-state index in [0.29, 0.717) is 25.5 Å². The molecule has 11 nitrogen and oxygen atoms in total. The number of amidine groups is 1. The molecular formula is C21H18F3N7O4. The monoisotopic (exact) mass is 489 g/mol. The van der Waals surface area contributed by atoms with Gasteiger partial charge in [0.15, 0.2) is 5.82 Å². The number of piperazine rings is 1. The first-order valence-electron chi connectivity index (χ1n) is 10.6. The number of rotatable bonds is 3. The molecule has 4 amide bonds. The molecule has 1 aromatic heterocycles. The van der Waals surface area contributed by atoms with Gasteiger partial charge in [-0.1, -0.05) is 12.1 Å². The van der Waals surface area contributed by atoms with E-state index in [0.717, 1.165) is 6.07 Å². The highest BCUT2D eigenvalue weighted by atomic mass is 19.4. The summed E-state index contributed by atoms with van der Waals surface area (Å²) in [5.74, 6) is -0.0802. The minimum absolute atomic E-state index is 0.0855. The molecule has 14 heteroatoms.